The molecular formula is C11H14N2O2S2. The Kier molecular flexibility index (Phi) is 3.73. The van der Waals surface area contributed by atoms with E-state index in [2.05, 4.69) is 4.99 Å². The molecule has 0 bridgehead atoms. The fourth-order valence-electron chi connectivity index (χ4n) is 1.60. The van der Waals surface area contributed by atoms with E-state index < -0.39 is 10.0 Å². The highest BCUT2D eigenvalue weighted by Crippen LogP contribution is 2.23. The lowest BCUT2D eigenvalue weighted by Crippen LogP contribution is -2.32. The molecule has 1 heterocycles. The van der Waals surface area contributed by atoms with Crippen molar-refractivity contribution in [3.8, 4) is 0 Å². The molecule has 0 atom stereocenters. The van der Waals surface area contributed by atoms with E-state index in [1.54, 1.807) is 30.3 Å². The Labute approximate surface area is 106 Å². The second-order valence-corrected chi connectivity index (χ2v) is 6.58. The van der Waals surface area contributed by atoms with E-state index in [0.717, 1.165) is 5.75 Å². The summed E-state index contributed by atoms with van der Waals surface area (Å²) in [6.45, 7) is 2.98. The molecular weight excluding hydrogens is 256 g/mol. The fraction of sp³-hybridized carbons (Fsp3) is 0.364. The molecule has 0 aliphatic carbocycles. The van der Waals surface area contributed by atoms with Crippen LogP contribution in [-0.2, 0) is 10.0 Å². The van der Waals surface area contributed by atoms with Crippen LogP contribution in [0.5, 0.6) is 0 Å². The molecule has 1 aromatic carbocycles. The molecule has 1 aliphatic heterocycles. The second-order valence-electron chi connectivity index (χ2n) is 3.49. The average Bonchev–Trinajstić information content (AvgIpc) is 2.80. The standard InChI is InChI=1S/C11H14N2O2S2/c1-2-16-11-12-8-9-13(11)17(14,15)10-6-4-3-5-7-10/h3-7H,2,8-9H2,1H3. The van der Waals surface area contributed by atoms with E-state index in [1.807, 2.05) is 6.92 Å². The Balaban J connectivity index is 2.31. The molecule has 1 aromatic rings. The molecule has 0 saturated carbocycles. The van der Waals surface area contributed by atoms with Gasteiger partial charge in [-0.3, -0.25) is 4.99 Å². The topological polar surface area (TPSA) is 49.7 Å². The summed E-state index contributed by atoms with van der Waals surface area (Å²) < 4.78 is 26.1. The van der Waals surface area contributed by atoms with Crippen molar-refractivity contribution < 1.29 is 8.42 Å². The number of aliphatic imine (C=N–C) groups is 1. The average molecular weight is 270 g/mol. The van der Waals surface area contributed by atoms with Gasteiger partial charge in [-0.05, 0) is 17.9 Å². The number of sulfonamides is 1. The number of rotatable bonds is 3. The Morgan fingerprint density at radius 2 is 2.06 bits per heavy atom. The van der Waals surface area contributed by atoms with E-state index in [-0.39, 0.29) is 0 Å². The SMILES string of the molecule is CCSC1=NCCN1S(=O)(=O)c1ccccc1. The summed E-state index contributed by atoms with van der Waals surface area (Å²) in [4.78, 5) is 4.55. The summed E-state index contributed by atoms with van der Waals surface area (Å²) in [5, 5.41) is 0.608. The Bertz CT molecular complexity index is 512. The van der Waals surface area contributed by atoms with Crippen LogP contribution in [-0.4, -0.2) is 36.7 Å². The van der Waals surface area contributed by atoms with Crippen molar-refractivity contribution in [2.75, 3.05) is 18.8 Å². The van der Waals surface area contributed by atoms with Crippen LogP contribution in [0.15, 0.2) is 40.2 Å². The predicted molar refractivity (Wildman–Crippen MR) is 70.8 cm³/mol. The normalized spacial score (nSPS) is 16.1. The molecule has 0 fully saturated rings. The minimum atomic E-state index is -3.43. The molecule has 0 unspecified atom stereocenters. The van der Waals surface area contributed by atoms with Crippen LogP contribution in [0.3, 0.4) is 0 Å². The molecule has 4 nitrogen and oxygen atoms in total. The van der Waals surface area contributed by atoms with Crippen LogP contribution in [0.25, 0.3) is 0 Å². The minimum absolute atomic E-state index is 0.325. The summed E-state index contributed by atoms with van der Waals surface area (Å²) in [7, 11) is -3.43. The highest BCUT2D eigenvalue weighted by atomic mass is 32.2. The molecule has 0 saturated heterocycles. The van der Waals surface area contributed by atoms with Crippen LogP contribution < -0.4 is 0 Å². The molecule has 1 aliphatic rings. The van der Waals surface area contributed by atoms with Gasteiger partial charge in [0.2, 0.25) is 0 Å². The van der Waals surface area contributed by atoms with Crippen LogP contribution in [0, 0.1) is 0 Å². The van der Waals surface area contributed by atoms with Gasteiger partial charge in [0.05, 0.1) is 18.0 Å². The lowest BCUT2D eigenvalue weighted by atomic mass is 10.4. The Morgan fingerprint density at radius 1 is 1.35 bits per heavy atom. The molecule has 17 heavy (non-hydrogen) atoms. The summed E-state index contributed by atoms with van der Waals surface area (Å²) in [5.74, 6) is 0.819. The minimum Gasteiger partial charge on any atom is -0.260 e. The molecule has 0 amide bonds. The van der Waals surface area contributed by atoms with E-state index in [9.17, 15) is 8.42 Å². The molecule has 0 radical (unpaired) electrons. The van der Waals surface area contributed by atoms with E-state index in [1.165, 1.54) is 16.1 Å². The number of benzene rings is 1. The van der Waals surface area contributed by atoms with Crippen molar-refractivity contribution >= 4 is 27.0 Å². The largest absolute Gasteiger partial charge is 0.265 e. The van der Waals surface area contributed by atoms with Gasteiger partial charge in [0.1, 0.15) is 0 Å². The number of thioether (sulfide) groups is 1. The first kappa shape index (κ1) is 12.4. The van der Waals surface area contributed by atoms with Crippen LogP contribution in [0.2, 0.25) is 0 Å². The van der Waals surface area contributed by atoms with Crippen molar-refractivity contribution in [2.45, 2.75) is 11.8 Å². The van der Waals surface area contributed by atoms with Gasteiger partial charge in [-0.2, -0.15) is 0 Å². The summed E-state index contributed by atoms with van der Waals surface area (Å²) in [5.41, 5.74) is 0. The lowest BCUT2D eigenvalue weighted by molar-refractivity contribution is 0.540. The van der Waals surface area contributed by atoms with E-state index >= 15 is 0 Å². The van der Waals surface area contributed by atoms with Crippen LogP contribution in [0.1, 0.15) is 6.92 Å². The van der Waals surface area contributed by atoms with Crippen LogP contribution in [0.4, 0.5) is 0 Å². The highest BCUT2D eigenvalue weighted by Gasteiger charge is 2.30. The number of hydrogen-bond donors (Lipinski definition) is 0. The zero-order chi connectivity index (χ0) is 12.3. The molecule has 0 spiro atoms. The summed E-state index contributed by atoms with van der Waals surface area (Å²) in [6.07, 6.45) is 0. The summed E-state index contributed by atoms with van der Waals surface area (Å²) in [6, 6.07) is 8.49. The second kappa shape index (κ2) is 5.10. The Hall–Kier alpha value is -1.01. The zero-order valence-electron chi connectivity index (χ0n) is 9.54. The highest BCUT2D eigenvalue weighted by molar-refractivity contribution is 8.14. The monoisotopic (exact) mass is 270 g/mol. The molecule has 6 heteroatoms. The smallest absolute Gasteiger partial charge is 0.260 e. The summed E-state index contributed by atoms with van der Waals surface area (Å²) >= 11 is 1.47. The first-order valence-electron chi connectivity index (χ1n) is 5.41. The Morgan fingerprint density at radius 3 is 2.71 bits per heavy atom. The zero-order valence-corrected chi connectivity index (χ0v) is 11.2. The quantitative estimate of drug-likeness (QED) is 0.841. The third-order valence-electron chi connectivity index (χ3n) is 2.37. The molecule has 92 valence electrons. The van der Waals surface area contributed by atoms with E-state index in [0.29, 0.717) is 23.2 Å². The van der Waals surface area contributed by atoms with Crippen molar-refractivity contribution in [3.05, 3.63) is 30.3 Å². The van der Waals surface area contributed by atoms with Gasteiger partial charge in [-0.15, -0.1) is 0 Å². The first-order valence-corrected chi connectivity index (χ1v) is 7.84. The first-order chi connectivity index (χ1) is 8.16. The van der Waals surface area contributed by atoms with Crippen molar-refractivity contribution in [1.82, 2.24) is 4.31 Å². The van der Waals surface area contributed by atoms with E-state index in [4.69, 9.17) is 0 Å². The van der Waals surface area contributed by atoms with Crippen molar-refractivity contribution in [3.63, 3.8) is 0 Å². The third-order valence-corrected chi connectivity index (χ3v) is 5.18. The molecule has 2 rings (SSSR count). The van der Waals surface area contributed by atoms with Gasteiger partial charge < -0.3 is 0 Å². The maximum Gasteiger partial charge on any atom is 0.265 e. The van der Waals surface area contributed by atoms with Gasteiger partial charge >= 0.3 is 0 Å². The maximum atomic E-state index is 12.4. The lowest BCUT2D eigenvalue weighted by Gasteiger charge is -2.19. The predicted octanol–water partition coefficient (Wildman–Crippen LogP) is 1.80. The molecule has 0 aromatic heterocycles. The fourth-order valence-corrected chi connectivity index (χ4v) is 4.07. The molecule has 0 N–H and O–H groups in total. The number of nitrogens with zero attached hydrogens (tertiary/aromatic N) is 2. The van der Waals surface area contributed by atoms with Crippen molar-refractivity contribution in [2.24, 2.45) is 4.99 Å². The third kappa shape index (κ3) is 2.47. The number of amidine groups is 1. The van der Waals surface area contributed by atoms with Crippen molar-refractivity contribution in [1.29, 1.82) is 0 Å². The van der Waals surface area contributed by atoms with Crippen LogP contribution >= 0.6 is 11.8 Å². The van der Waals surface area contributed by atoms with Gasteiger partial charge in [-0.1, -0.05) is 36.9 Å². The number of hydrogen-bond acceptors (Lipinski definition) is 4. The van der Waals surface area contributed by atoms with Gasteiger partial charge in [0, 0.05) is 0 Å². The van der Waals surface area contributed by atoms with Gasteiger partial charge in [-0.25, -0.2) is 12.7 Å². The van der Waals surface area contributed by atoms with Gasteiger partial charge in [0.15, 0.2) is 5.17 Å². The maximum absolute atomic E-state index is 12.4. The van der Waals surface area contributed by atoms with Gasteiger partial charge in [0.25, 0.3) is 10.0 Å².